The Hall–Kier alpha value is -0.430. The Morgan fingerprint density at radius 3 is 2.55 bits per heavy atom. The fourth-order valence-electron chi connectivity index (χ4n) is 2.32. The van der Waals surface area contributed by atoms with Crippen molar-refractivity contribution in [1.82, 2.24) is 15.3 Å². The smallest absolute Gasteiger partial charge is 0.0931 e. The molecule has 1 fully saturated rings. The Morgan fingerprint density at radius 1 is 1.15 bits per heavy atom. The summed E-state index contributed by atoms with van der Waals surface area (Å²) >= 11 is 9.55. The van der Waals surface area contributed by atoms with Gasteiger partial charge in [-0.1, -0.05) is 17.7 Å². The number of nitrogens with one attached hydrogen (secondary N) is 1. The number of halogens is 1. The van der Waals surface area contributed by atoms with Crippen LogP contribution in [0.15, 0.2) is 29.6 Å². The van der Waals surface area contributed by atoms with E-state index < -0.39 is 0 Å². The zero-order chi connectivity index (χ0) is 13.9. The average Bonchev–Trinajstić information content (AvgIpc) is 3.09. The van der Waals surface area contributed by atoms with Gasteiger partial charge in [0.1, 0.15) is 0 Å². The van der Waals surface area contributed by atoms with Gasteiger partial charge in [0.2, 0.25) is 0 Å². The summed E-state index contributed by atoms with van der Waals surface area (Å²) in [4.78, 5) is 4.97. The summed E-state index contributed by atoms with van der Waals surface area (Å²) < 4.78 is 0.849. The van der Waals surface area contributed by atoms with E-state index >= 15 is 0 Å². The molecule has 0 amide bonds. The van der Waals surface area contributed by atoms with Gasteiger partial charge in [0, 0.05) is 35.9 Å². The maximum absolute atomic E-state index is 6.10. The lowest BCUT2D eigenvalue weighted by molar-refractivity contribution is 0.0944. The zero-order valence-corrected chi connectivity index (χ0v) is 13.8. The molecule has 1 saturated heterocycles. The molecule has 0 bridgehead atoms. The van der Waals surface area contributed by atoms with E-state index in [1.54, 1.807) is 22.7 Å². The van der Waals surface area contributed by atoms with Gasteiger partial charge in [-0.3, -0.25) is 0 Å². The van der Waals surface area contributed by atoms with Gasteiger partial charge in [0.15, 0.2) is 0 Å². The van der Waals surface area contributed by atoms with Crippen LogP contribution in [0.2, 0.25) is 4.34 Å². The Labute approximate surface area is 132 Å². The van der Waals surface area contributed by atoms with E-state index in [2.05, 4.69) is 46.0 Å². The maximum atomic E-state index is 6.10. The number of thiophene rings is 2. The molecule has 108 valence electrons. The van der Waals surface area contributed by atoms with Crippen molar-refractivity contribution >= 4 is 34.3 Å². The summed E-state index contributed by atoms with van der Waals surface area (Å²) in [6.45, 7) is 4.32. The molecule has 2 aromatic rings. The van der Waals surface area contributed by atoms with Crippen LogP contribution in [0.5, 0.6) is 0 Å². The van der Waals surface area contributed by atoms with E-state index in [-0.39, 0.29) is 6.04 Å². The largest absolute Gasteiger partial charge is 0.304 e. The highest BCUT2D eigenvalue weighted by Gasteiger charge is 2.22. The van der Waals surface area contributed by atoms with Gasteiger partial charge in [0.05, 0.1) is 10.4 Å². The van der Waals surface area contributed by atoms with Crippen molar-refractivity contribution in [3.05, 3.63) is 43.7 Å². The molecule has 2 aromatic heterocycles. The van der Waals surface area contributed by atoms with Gasteiger partial charge in [-0.15, -0.1) is 22.7 Å². The van der Waals surface area contributed by atoms with Gasteiger partial charge >= 0.3 is 0 Å². The summed E-state index contributed by atoms with van der Waals surface area (Å²) in [5.74, 6) is 0. The Balaban J connectivity index is 1.76. The first-order chi connectivity index (χ1) is 9.72. The van der Waals surface area contributed by atoms with Crippen molar-refractivity contribution in [3.63, 3.8) is 0 Å². The van der Waals surface area contributed by atoms with Crippen LogP contribution >= 0.6 is 34.3 Å². The number of hydrogen-bond donors (Lipinski definition) is 1. The number of likely N-dealkylation sites (N-methyl/N-ethyl adjacent to an activating group) is 1. The third-order valence-electron chi connectivity index (χ3n) is 3.52. The van der Waals surface area contributed by atoms with E-state index in [1.807, 2.05) is 6.07 Å². The molecule has 1 aliphatic rings. The molecule has 0 spiro atoms. The predicted molar refractivity (Wildman–Crippen MR) is 87.7 cm³/mol. The third-order valence-corrected chi connectivity index (χ3v) is 5.75. The van der Waals surface area contributed by atoms with Crippen molar-refractivity contribution in [2.75, 3.05) is 33.2 Å². The lowest BCUT2D eigenvalue weighted by Gasteiger charge is -2.35. The Morgan fingerprint density at radius 2 is 1.95 bits per heavy atom. The fraction of sp³-hybridized carbons (Fsp3) is 0.429. The predicted octanol–water partition coefficient (Wildman–Crippen LogP) is 3.30. The van der Waals surface area contributed by atoms with Crippen LogP contribution in [0.25, 0.3) is 0 Å². The molecular weight excluding hydrogens is 310 g/mol. The highest BCUT2D eigenvalue weighted by Crippen LogP contribution is 2.33. The van der Waals surface area contributed by atoms with Crippen molar-refractivity contribution < 1.29 is 0 Å². The third kappa shape index (κ3) is 3.42. The average molecular weight is 328 g/mol. The monoisotopic (exact) mass is 327 g/mol. The zero-order valence-electron chi connectivity index (χ0n) is 11.4. The number of hydrogen-bond acceptors (Lipinski definition) is 5. The van der Waals surface area contributed by atoms with Gasteiger partial charge in [-0.2, -0.15) is 0 Å². The molecule has 6 heteroatoms. The molecule has 0 radical (unpaired) electrons. The molecule has 3 rings (SSSR count). The van der Waals surface area contributed by atoms with Gasteiger partial charge in [-0.05, 0) is 30.6 Å². The van der Waals surface area contributed by atoms with Crippen LogP contribution in [-0.4, -0.2) is 43.1 Å². The summed E-state index contributed by atoms with van der Waals surface area (Å²) in [6, 6.07) is 8.62. The maximum Gasteiger partial charge on any atom is 0.0931 e. The molecule has 1 aliphatic heterocycles. The van der Waals surface area contributed by atoms with Crippen molar-refractivity contribution in [1.29, 1.82) is 0 Å². The minimum absolute atomic E-state index is 0.218. The second-order valence-corrected chi connectivity index (χ2v) is 7.74. The van der Waals surface area contributed by atoms with E-state index in [9.17, 15) is 0 Å². The van der Waals surface area contributed by atoms with Crippen molar-refractivity contribution in [2.45, 2.75) is 6.04 Å². The SMILES string of the molecule is CN1CCN(NC(c2cccs2)c2ccc(Cl)s2)CC1. The summed E-state index contributed by atoms with van der Waals surface area (Å²) in [5.41, 5.74) is 3.68. The molecule has 1 N–H and O–H groups in total. The molecule has 3 heterocycles. The van der Waals surface area contributed by atoms with Crippen molar-refractivity contribution in [3.8, 4) is 0 Å². The Kier molecular flexibility index (Phi) is 4.75. The van der Waals surface area contributed by atoms with Crippen LogP contribution in [0.3, 0.4) is 0 Å². The molecule has 1 atom stereocenters. The molecular formula is C14H18ClN3S2. The number of nitrogens with zero attached hydrogens (tertiary/aromatic N) is 2. The van der Waals surface area contributed by atoms with Gasteiger partial charge < -0.3 is 4.90 Å². The first-order valence-electron chi connectivity index (χ1n) is 6.70. The van der Waals surface area contributed by atoms with Crippen LogP contribution in [0.4, 0.5) is 0 Å². The lowest BCUT2D eigenvalue weighted by atomic mass is 10.2. The highest BCUT2D eigenvalue weighted by atomic mass is 35.5. The van der Waals surface area contributed by atoms with E-state index in [0.29, 0.717) is 0 Å². The first-order valence-corrected chi connectivity index (χ1v) is 8.78. The van der Waals surface area contributed by atoms with Crippen LogP contribution in [-0.2, 0) is 0 Å². The fourth-order valence-corrected chi connectivity index (χ4v) is 4.31. The normalized spacial score (nSPS) is 19.3. The van der Waals surface area contributed by atoms with Gasteiger partial charge in [0.25, 0.3) is 0 Å². The summed E-state index contributed by atoms with van der Waals surface area (Å²) in [7, 11) is 2.17. The quantitative estimate of drug-likeness (QED) is 0.929. The van der Waals surface area contributed by atoms with E-state index in [0.717, 1.165) is 30.5 Å². The molecule has 0 aromatic carbocycles. The summed E-state index contributed by atoms with van der Waals surface area (Å²) in [5, 5.41) is 4.46. The topological polar surface area (TPSA) is 18.5 Å². The van der Waals surface area contributed by atoms with Crippen LogP contribution in [0.1, 0.15) is 15.8 Å². The van der Waals surface area contributed by atoms with Crippen LogP contribution < -0.4 is 5.43 Å². The summed E-state index contributed by atoms with van der Waals surface area (Å²) in [6.07, 6.45) is 0. The minimum Gasteiger partial charge on any atom is -0.304 e. The molecule has 0 saturated carbocycles. The van der Waals surface area contributed by atoms with E-state index in [4.69, 9.17) is 11.6 Å². The van der Waals surface area contributed by atoms with Crippen molar-refractivity contribution in [2.24, 2.45) is 0 Å². The van der Waals surface area contributed by atoms with E-state index in [1.165, 1.54) is 9.75 Å². The number of rotatable bonds is 4. The van der Waals surface area contributed by atoms with Crippen LogP contribution in [0, 0.1) is 0 Å². The molecule has 3 nitrogen and oxygen atoms in total. The molecule has 0 aliphatic carbocycles. The lowest BCUT2D eigenvalue weighted by Crippen LogP contribution is -2.51. The van der Waals surface area contributed by atoms with Gasteiger partial charge in [-0.25, -0.2) is 10.4 Å². The number of hydrazine groups is 1. The second kappa shape index (κ2) is 6.56. The Bertz CT molecular complexity index is 532. The minimum atomic E-state index is 0.218. The first kappa shape index (κ1) is 14.5. The standard InChI is InChI=1S/C14H18ClN3S2/c1-17-6-8-18(9-7-17)16-14(11-3-2-10-19-11)12-4-5-13(15)20-12/h2-5,10,14,16H,6-9H2,1H3. The molecule has 1 unspecified atom stereocenters. The number of piperazine rings is 1. The molecule has 20 heavy (non-hydrogen) atoms. The highest BCUT2D eigenvalue weighted by molar-refractivity contribution is 7.16. The second-order valence-electron chi connectivity index (χ2n) is 5.01.